The number of rotatable bonds is 4. The Hall–Kier alpha value is -1.59. The lowest BCUT2D eigenvalue weighted by Crippen LogP contribution is -2.12. The van der Waals surface area contributed by atoms with Crippen LogP contribution in [0.15, 0.2) is 0 Å². The Balaban J connectivity index is 3.29. The number of nitrogen functional groups attached to an aromatic ring is 1. The van der Waals surface area contributed by atoms with E-state index in [1.165, 1.54) is 0 Å². The normalized spacial score (nSPS) is 13.6. The fourth-order valence-corrected chi connectivity index (χ4v) is 1.82. The van der Waals surface area contributed by atoms with E-state index in [0.717, 1.165) is 6.42 Å². The van der Waals surface area contributed by atoms with Crippen LogP contribution in [-0.2, 0) is 6.42 Å². The fourth-order valence-electron chi connectivity index (χ4n) is 1.82. The average molecular weight is 254 g/mol. The van der Waals surface area contributed by atoms with E-state index < -0.39 is 4.92 Å². The average Bonchev–Trinajstić information content (AvgIpc) is 2.51. The molecule has 6 nitrogen and oxygen atoms in total. The highest BCUT2D eigenvalue weighted by molar-refractivity contribution is 5.57. The third-order valence-electron chi connectivity index (χ3n) is 2.88. The SMILES string of the molecule is CCC(C)n1nc(CC(C)(C)C)c([N+](=O)[O-])c1N. The summed E-state index contributed by atoms with van der Waals surface area (Å²) >= 11 is 0. The van der Waals surface area contributed by atoms with Crippen LogP contribution >= 0.6 is 0 Å². The molecule has 0 saturated carbocycles. The lowest BCUT2D eigenvalue weighted by Gasteiger charge is -2.15. The Bertz CT molecular complexity index is 446. The van der Waals surface area contributed by atoms with Crippen molar-refractivity contribution in [3.05, 3.63) is 15.8 Å². The van der Waals surface area contributed by atoms with Gasteiger partial charge in [0.1, 0.15) is 5.69 Å². The second kappa shape index (κ2) is 4.96. The van der Waals surface area contributed by atoms with Crippen LogP contribution in [0.2, 0.25) is 0 Å². The molecule has 0 aliphatic carbocycles. The first kappa shape index (κ1) is 14.5. The molecule has 0 saturated heterocycles. The van der Waals surface area contributed by atoms with Crippen molar-refractivity contribution in [1.29, 1.82) is 0 Å². The first-order valence-corrected chi connectivity index (χ1v) is 6.18. The summed E-state index contributed by atoms with van der Waals surface area (Å²) in [5.74, 6) is 0.161. The van der Waals surface area contributed by atoms with Gasteiger partial charge in [-0.1, -0.05) is 27.7 Å². The minimum Gasteiger partial charge on any atom is -0.378 e. The van der Waals surface area contributed by atoms with Crippen LogP contribution < -0.4 is 5.73 Å². The van der Waals surface area contributed by atoms with Crippen LogP contribution in [0.1, 0.15) is 52.8 Å². The molecule has 0 aliphatic heterocycles. The molecule has 0 bridgehead atoms. The highest BCUT2D eigenvalue weighted by Crippen LogP contribution is 2.33. The van der Waals surface area contributed by atoms with E-state index in [9.17, 15) is 10.1 Å². The number of aromatic nitrogens is 2. The molecule has 1 unspecified atom stereocenters. The molecule has 1 aromatic heterocycles. The van der Waals surface area contributed by atoms with Crippen molar-refractivity contribution in [1.82, 2.24) is 9.78 Å². The van der Waals surface area contributed by atoms with Gasteiger partial charge in [0.25, 0.3) is 0 Å². The van der Waals surface area contributed by atoms with Crippen LogP contribution in [0, 0.1) is 15.5 Å². The van der Waals surface area contributed by atoms with Crippen LogP contribution in [0.3, 0.4) is 0 Å². The first-order valence-electron chi connectivity index (χ1n) is 6.18. The van der Waals surface area contributed by atoms with Crippen LogP contribution in [0.4, 0.5) is 11.5 Å². The zero-order valence-corrected chi connectivity index (χ0v) is 11.7. The van der Waals surface area contributed by atoms with Gasteiger partial charge in [0.05, 0.1) is 11.0 Å². The second-order valence-electron chi connectivity index (χ2n) is 5.88. The summed E-state index contributed by atoms with van der Waals surface area (Å²) in [6.45, 7) is 10.0. The number of nitrogens with two attached hydrogens (primary N) is 1. The predicted octanol–water partition coefficient (Wildman–Crippen LogP) is 2.93. The molecule has 0 amide bonds. The van der Waals surface area contributed by atoms with Crippen molar-refractivity contribution in [2.75, 3.05) is 5.73 Å². The van der Waals surface area contributed by atoms with E-state index in [4.69, 9.17) is 5.73 Å². The molecule has 1 rings (SSSR count). The standard InChI is InChI=1S/C12H22N4O2/c1-6-8(2)15-11(13)10(16(17)18)9(14-15)7-12(3,4)5/h8H,6-7,13H2,1-5H3. The van der Waals surface area contributed by atoms with E-state index >= 15 is 0 Å². The minimum atomic E-state index is -0.428. The maximum absolute atomic E-state index is 11.1. The topological polar surface area (TPSA) is 87.0 Å². The smallest absolute Gasteiger partial charge is 0.333 e. The molecule has 0 radical (unpaired) electrons. The van der Waals surface area contributed by atoms with E-state index in [0.29, 0.717) is 12.1 Å². The maximum Gasteiger partial charge on any atom is 0.333 e. The van der Waals surface area contributed by atoms with Gasteiger partial charge in [0, 0.05) is 6.42 Å². The first-order chi connectivity index (χ1) is 8.17. The zero-order valence-electron chi connectivity index (χ0n) is 11.7. The van der Waals surface area contributed by atoms with Gasteiger partial charge >= 0.3 is 5.69 Å². The summed E-state index contributed by atoms with van der Waals surface area (Å²) in [6.07, 6.45) is 1.37. The fraction of sp³-hybridized carbons (Fsp3) is 0.750. The van der Waals surface area contributed by atoms with E-state index in [1.807, 2.05) is 34.6 Å². The molecular formula is C12H22N4O2. The van der Waals surface area contributed by atoms with Gasteiger partial charge in [0.15, 0.2) is 0 Å². The lowest BCUT2D eigenvalue weighted by molar-refractivity contribution is -0.384. The monoisotopic (exact) mass is 254 g/mol. The van der Waals surface area contributed by atoms with Crippen molar-refractivity contribution < 1.29 is 4.92 Å². The summed E-state index contributed by atoms with van der Waals surface area (Å²) in [4.78, 5) is 10.7. The van der Waals surface area contributed by atoms with Gasteiger partial charge in [0.2, 0.25) is 5.82 Å². The van der Waals surface area contributed by atoms with Crippen molar-refractivity contribution in [3.63, 3.8) is 0 Å². The summed E-state index contributed by atoms with van der Waals surface area (Å²) in [5, 5.41) is 15.5. The van der Waals surface area contributed by atoms with E-state index in [2.05, 4.69) is 5.10 Å². The summed E-state index contributed by atoms with van der Waals surface area (Å²) < 4.78 is 1.57. The molecule has 1 aromatic rings. The van der Waals surface area contributed by atoms with Crippen molar-refractivity contribution in [2.24, 2.45) is 5.41 Å². The molecule has 1 atom stereocenters. The molecular weight excluding hydrogens is 232 g/mol. The number of hydrogen-bond acceptors (Lipinski definition) is 4. The Morgan fingerprint density at radius 2 is 2.06 bits per heavy atom. The molecule has 1 heterocycles. The predicted molar refractivity (Wildman–Crippen MR) is 71.5 cm³/mol. The van der Waals surface area contributed by atoms with Crippen molar-refractivity contribution in [3.8, 4) is 0 Å². The highest BCUT2D eigenvalue weighted by Gasteiger charge is 2.29. The Morgan fingerprint density at radius 3 is 2.44 bits per heavy atom. The van der Waals surface area contributed by atoms with E-state index in [1.54, 1.807) is 4.68 Å². The quantitative estimate of drug-likeness (QED) is 0.661. The molecule has 0 spiro atoms. The number of nitrogens with zero attached hydrogens (tertiary/aromatic N) is 3. The van der Waals surface area contributed by atoms with Gasteiger partial charge in [-0.05, 0) is 18.8 Å². The van der Waals surface area contributed by atoms with Crippen molar-refractivity contribution in [2.45, 2.75) is 53.5 Å². The van der Waals surface area contributed by atoms with Crippen LogP contribution in [-0.4, -0.2) is 14.7 Å². The molecule has 2 N–H and O–H groups in total. The summed E-state index contributed by atoms with van der Waals surface area (Å²) in [5.41, 5.74) is 6.24. The third kappa shape index (κ3) is 3.00. The van der Waals surface area contributed by atoms with Crippen LogP contribution in [0.5, 0.6) is 0 Å². The molecule has 6 heteroatoms. The molecule has 0 aromatic carbocycles. The number of hydrogen-bond donors (Lipinski definition) is 1. The Kier molecular flexibility index (Phi) is 3.98. The van der Waals surface area contributed by atoms with Gasteiger partial charge < -0.3 is 5.73 Å². The second-order valence-corrected chi connectivity index (χ2v) is 5.88. The summed E-state index contributed by atoms with van der Waals surface area (Å²) in [7, 11) is 0. The summed E-state index contributed by atoms with van der Waals surface area (Å²) in [6, 6.07) is 0.0671. The molecule has 0 aliphatic rings. The molecule has 102 valence electrons. The van der Waals surface area contributed by atoms with Gasteiger partial charge in [-0.25, -0.2) is 4.68 Å². The van der Waals surface area contributed by atoms with Crippen molar-refractivity contribution >= 4 is 11.5 Å². The highest BCUT2D eigenvalue weighted by atomic mass is 16.6. The van der Waals surface area contributed by atoms with Gasteiger partial charge in [-0.2, -0.15) is 5.10 Å². The number of anilines is 1. The Morgan fingerprint density at radius 1 is 1.50 bits per heavy atom. The Labute approximate surface area is 107 Å². The minimum absolute atomic E-state index is 0.0368. The third-order valence-corrected chi connectivity index (χ3v) is 2.88. The molecule has 0 fully saturated rings. The van der Waals surface area contributed by atoms with E-state index in [-0.39, 0.29) is 23.0 Å². The maximum atomic E-state index is 11.1. The van der Waals surface area contributed by atoms with Crippen LogP contribution in [0.25, 0.3) is 0 Å². The number of nitro groups is 1. The zero-order chi connectivity index (χ0) is 14.1. The van der Waals surface area contributed by atoms with Gasteiger partial charge in [-0.15, -0.1) is 0 Å². The molecule has 18 heavy (non-hydrogen) atoms. The lowest BCUT2D eigenvalue weighted by atomic mass is 9.90. The largest absolute Gasteiger partial charge is 0.378 e. The van der Waals surface area contributed by atoms with Gasteiger partial charge in [-0.3, -0.25) is 10.1 Å².